The Hall–Kier alpha value is -2.18. The van der Waals surface area contributed by atoms with E-state index in [1.54, 1.807) is 6.07 Å². The summed E-state index contributed by atoms with van der Waals surface area (Å²) in [5, 5.41) is 24.8. The summed E-state index contributed by atoms with van der Waals surface area (Å²) >= 11 is 0. The molecular formula is C10H9NO5. The molecule has 16 heavy (non-hydrogen) atoms. The summed E-state index contributed by atoms with van der Waals surface area (Å²) in [4.78, 5) is 21.4. The number of hydrogen-bond donors (Lipinski definition) is 3. The van der Waals surface area contributed by atoms with Gasteiger partial charge in [-0.1, -0.05) is 17.4 Å². The molecule has 1 aromatic carbocycles. The third-order valence-corrected chi connectivity index (χ3v) is 1.75. The second-order valence-electron chi connectivity index (χ2n) is 2.89. The lowest BCUT2D eigenvalue weighted by Crippen LogP contribution is -2.20. The van der Waals surface area contributed by atoms with E-state index in [9.17, 15) is 9.59 Å². The molecule has 1 rings (SSSR count). The van der Waals surface area contributed by atoms with E-state index in [1.807, 2.05) is 0 Å². The number of benzene rings is 1. The molecule has 0 bridgehead atoms. The number of amides is 1. The highest BCUT2D eigenvalue weighted by Crippen LogP contribution is 2.07. The molecular weight excluding hydrogens is 214 g/mol. The molecule has 0 spiro atoms. The van der Waals surface area contributed by atoms with E-state index >= 15 is 0 Å². The number of carbonyl (C=O) groups excluding carboxylic acids is 1. The Morgan fingerprint density at radius 2 is 1.94 bits per heavy atom. The third kappa shape index (κ3) is 3.19. The van der Waals surface area contributed by atoms with Gasteiger partial charge in [0.2, 0.25) is 0 Å². The monoisotopic (exact) mass is 223 g/mol. The highest BCUT2D eigenvalue weighted by Gasteiger charge is 2.03. The van der Waals surface area contributed by atoms with Gasteiger partial charge in [0.15, 0.2) is 0 Å². The average Bonchev–Trinajstić information content (AvgIpc) is 2.26. The van der Waals surface area contributed by atoms with E-state index in [0.717, 1.165) is 6.08 Å². The Balaban J connectivity index is 2.86. The lowest BCUT2D eigenvalue weighted by molar-refractivity contribution is -0.280. The van der Waals surface area contributed by atoms with E-state index in [1.165, 1.54) is 24.3 Å². The SMILES string of the molecule is O=C(O)c1cccc(/C=C/C(=O)N(O)O)c1. The minimum Gasteiger partial charge on any atom is -0.478 e. The molecule has 0 aliphatic carbocycles. The Morgan fingerprint density at radius 3 is 2.50 bits per heavy atom. The maximum atomic E-state index is 10.8. The van der Waals surface area contributed by atoms with Crippen molar-refractivity contribution in [2.75, 3.05) is 0 Å². The van der Waals surface area contributed by atoms with Gasteiger partial charge < -0.3 is 5.11 Å². The van der Waals surface area contributed by atoms with E-state index < -0.39 is 17.1 Å². The zero-order chi connectivity index (χ0) is 12.1. The van der Waals surface area contributed by atoms with Crippen molar-refractivity contribution >= 4 is 18.0 Å². The van der Waals surface area contributed by atoms with Gasteiger partial charge in [0.05, 0.1) is 5.56 Å². The lowest BCUT2D eigenvalue weighted by Gasteiger charge is -2.00. The van der Waals surface area contributed by atoms with Crippen LogP contribution in [-0.4, -0.2) is 32.6 Å². The van der Waals surface area contributed by atoms with Crippen LogP contribution in [0.2, 0.25) is 0 Å². The van der Waals surface area contributed by atoms with Crippen LogP contribution in [0.4, 0.5) is 0 Å². The molecule has 3 N–H and O–H groups in total. The van der Waals surface area contributed by atoms with Gasteiger partial charge >= 0.3 is 5.97 Å². The van der Waals surface area contributed by atoms with Crippen LogP contribution in [0.25, 0.3) is 6.08 Å². The second-order valence-corrected chi connectivity index (χ2v) is 2.89. The van der Waals surface area contributed by atoms with Crippen molar-refractivity contribution < 1.29 is 25.1 Å². The van der Waals surface area contributed by atoms with Crippen LogP contribution in [0.3, 0.4) is 0 Å². The summed E-state index contributed by atoms with van der Waals surface area (Å²) in [6, 6.07) is 5.86. The van der Waals surface area contributed by atoms with Crippen LogP contribution in [0.15, 0.2) is 30.3 Å². The molecule has 0 unspecified atom stereocenters. The molecule has 0 radical (unpaired) electrons. The van der Waals surface area contributed by atoms with E-state index in [2.05, 4.69) is 0 Å². The van der Waals surface area contributed by atoms with Crippen molar-refractivity contribution in [3.63, 3.8) is 0 Å². The zero-order valence-electron chi connectivity index (χ0n) is 8.07. The van der Waals surface area contributed by atoms with Crippen molar-refractivity contribution in [1.29, 1.82) is 0 Å². The molecule has 0 saturated carbocycles. The van der Waals surface area contributed by atoms with Crippen molar-refractivity contribution in [3.05, 3.63) is 41.5 Å². The summed E-state index contributed by atoms with van der Waals surface area (Å²) in [7, 11) is 0. The van der Waals surface area contributed by atoms with Crippen molar-refractivity contribution in [1.82, 2.24) is 5.23 Å². The molecule has 0 fully saturated rings. The zero-order valence-corrected chi connectivity index (χ0v) is 8.07. The maximum Gasteiger partial charge on any atom is 0.335 e. The highest BCUT2D eigenvalue weighted by molar-refractivity contribution is 5.91. The maximum absolute atomic E-state index is 10.8. The minimum atomic E-state index is -1.08. The smallest absolute Gasteiger partial charge is 0.335 e. The number of hydroxylamine groups is 2. The van der Waals surface area contributed by atoms with E-state index in [-0.39, 0.29) is 5.56 Å². The van der Waals surface area contributed by atoms with Gasteiger partial charge in [0, 0.05) is 6.08 Å². The normalized spacial score (nSPS) is 10.4. The van der Waals surface area contributed by atoms with Crippen LogP contribution in [0.1, 0.15) is 15.9 Å². The molecule has 1 aromatic rings. The predicted octanol–water partition coefficient (Wildman–Crippen LogP) is 1.01. The van der Waals surface area contributed by atoms with Gasteiger partial charge in [0.25, 0.3) is 5.91 Å². The molecule has 0 atom stereocenters. The van der Waals surface area contributed by atoms with Crippen LogP contribution in [0, 0.1) is 0 Å². The topological polar surface area (TPSA) is 98.1 Å². The van der Waals surface area contributed by atoms with Gasteiger partial charge in [-0.05, 0) is 23.8 Å². The number of carbonyl (C=O) groups is 2. The van der Waals surface area contributed by atoms with Crippen LogP contribution >= 0.6 is 0 Å². The van der Waals surface area contributed by atoms with E-state index in [4.69, 9.17) is 15.5 Å². The van der Waals surface area contributed by atoms with E-state index in [0.29, 0.717) is 5.56 Å². The first-order valence-electron chi connectivity index (χ1n) is 4.24. The average molecular weight is 223 g/mol. The van der Waals surface area contributed by atoms with Gasteiger partial charge in [0.1, 0.15) is 0 Å². The van der Waals surface area contributed by atoms with Crippen molar-refractivity contribution in [2.24, 2.45) is 0 Å². The first-order chi connectivity index (χ1) is 7.50. The number of nitrogens with zero attached hydrogens (tertiary/aromatic N) is 1. The first-order valence-corrected chi connectivity index (χ1v) is 4.24. The fourth-order valence-corrected chi connectivity index (χ4v) is 1.01. The largest absolute Gasteiger partial charge is 0.478 e. The number of rotatable bonds is 3. The quantitative estimate of drug-likeness (QED) is 0.403. The predicted molar refractivity (Wildman–Crippen MR) is 52.9 cm³/mol. The van der Waals surface area contributed by atoms with Crippen LogP contribution in [-0.2, 0) is 4.79 Å². The number of carboxylic acids is 1. The Labute approximate surface area is 90.6 Å². The minimum absolute atomic E-state index is 0.0828. The Kier molecular flexibility index (Phi) is 3.76. The lowest BCUT2D eigenvalue weighted by atomic mass is 10.1. The number of hydrogen-bond acceptors (Lipinski definition) is 4. The molecule has 0 aliphatic heterocycles. The van der Waals surface area contributed by atoms with Crippen LogP contribution < -0.4 is 0 Å². The Bertz CT molecular complexity index is 439. The second kappa shape index (κ2) is 5.06. The van der Waals surface area contributed by atoms with Crippen molar-refractivity contribution in [2.45, 2.75) is 0 Å². The number of aromatic carboxylic acids is 1. The summed E-state index contributed by atoms with van der Waals surface area (Å²) in [6.45, 7) is 0. The highest BCUT2D eigenvalue weighted by atomic mass is 16.8. The Morgan fingerprint density at radius 1 is 1.25 bits per heavy atom. The standard InChI is InChI=1S/C10H9NO5/c12-9(11(15)16)5-4-7-2-1-3-8(6-7)10(13)14/h1-6,15-16H,(H,13,14)/b5-4+. The molecule has 1 amide bonds. The molecule has 0 heterocycles. The third-order valence-electron chi connectivity index (χ3n) is 1.75. The van der Waals surface area contributed by atoms with Gasteiger partial charge in [-0.3, -0.25) is 15.2 Å². The molecule has 0 aromatic heterocycles. The number of carboxylic acid groups (broad SMARTS) is 1. The summed E-state index contributed by atoms with van der Waals surface area (Å²) in [5.41, 5.74) is 0.551. The molecule has 6 heteroatoms. The first kappa shape index (κ1) is 11.9. The molecule has 0 saturated heterocycles. The van der Waals surface area contributed by atoms with Gasteiger partial charge in [-0.15, -0.1) is 0 Å². The summed E-state index contributed by atoms with van der Waals surface area (Å²) in [6.07, 6.45) is 2.18. The summed E-state index contributed by atoms with van der Waals surface area (Å²) in [5.74, 6) is -2.10. The fraction of sp³-hybridized carbons (Fsp3) is 0. The molecule has 6 nitrogen and oxygen atoms in total. The van der Waals surface area contributed by atoms with Gasteiger partial charge in [-0.25, -0.2) is 4.79 Å². The van der Waals surface area contributed by atoms with Gasteiger partial charge in [-0.2, -0.15) is 0 Å². The molecule has 84 valence electrons. The summed E-state index contributed by atoms with van der Waals surface area (Å²) < 4.78 is 0. The van der Waals surface area contributed by atoms with Crippen LogP contribution in [0.5, 0.6) is 0 Å². The molecule has 0 aliphatic rings. The fourth-order valence-electron chi connectivity index (χ4n) is 1.01. The van der Waals surface area contributed by atoms with Crippen molar-refractivity contribution in [3.8, 4) is 0 Å².